The molecule has 3 rings (SSSR count). The first-order valence-electron chi connectivity index (χ1n) is 11.2. The standard InChI is InChI=1S/C25H29N7O4/c1-14(2)31-24-25(35)32(13-22(34)29-11-16-4-6-17(7-5-16)23(27)28)21(12-30-24)18-8-19(26)10-20(9-18)36-15(3)33/h4-10,12,14H,11,13,26H2,1-3H3,(H3,27,28)(H,29,34)(H,30,31). The number of nitrogens with zero attached hydrogens (tertiary/aromatic N) is 2. The lowest BCUT2D eigenvalue weighted by Crippen LogP contribution is -2.35. The van der Waals surface area contributed by atoms with Crippen LogP contribution in [-0.4, -0.2) is 33.3 Å². The minimum atomic E-state index is -0.519. The second-order valence-corrected chi connectivity index (χ2v) is 8.45. The molecule has 0 aliphatic rings. The van der Waals surface area contributed by atoms with Gasteiger partial charge in [0.05, 0.1) is 11.9 Å². The number of hydrogen-bond acceptors (Lipinski definition) is 8. The Labute approximate surface area is 208 Å². The molecule has 2 aromatic carbocycles. The van der Waals surface area contributed by atoms with Crippen molar-refractivity contribution in [1.29, 1.82) is 5.41 Å². The lowest BCUT2D eigenvalue weighted by molar-refractivity contribution is -0.131. The topological polar surface area (TPSA) is 178 Å². The molecule has 1 aromatic heterocycles. The van der Waals surface area contributed by atoms with Gasteiger partial charge in [0.25, 0.3) is 5.56 Å². The molecule has 0 bridgehead atoms. The summed E-state index contributed by atoms with van der Waals surface area (Å²) >= 11 is 0. The highest BCUT2D eigenvalue weighted by Gasteiger charge is 2.17. The summed E-state index contributed by atoms with van der Waals surface area (Å²) in [5.41, 5.74) is 13.5. The van der Waals surface area contributed by atoms with Crippen molar-refractivity contribution in [3.8, 4) is 17.0 Å². The number of ether oxygens (including phenoxy) is 1. The molecule has 0 spiro atoms. The third-order valence-electron chi connectivity index (χ3n) is 5.02. The molecule has 0 fully saturated rings. The molecular formula is C25H29N7O4. The van der Waals surface area contributed by atoms with E-state index in [4.69, 9.17) is 21.6 Å². The van der Waals surface area contributed by atoms with E-state index in [2.05, 4.69) is 15.6 Å². The van der Waals surface area contributed by atoms with Crippen LogP contribution < -0.4 is 32.4 Å². The summed E-state index contributed by atoms with van der Waals surface area (Å²) in [6.45, 7) is 4.94. The number of amidine groups is 1. The lowest BCUT2D eigenvalue weighted by atomic mass is 10.1. The predicted molar refractivity (Wildman–Crippen MR) is 138 cm³/mol. The van der Waals surface area contributed by atoms with Gasteiger partial charge in [-0.15, -0.1) is 0 Å². The zero-order valence-corrected chi connectivity index (χ0v) is 20.3. The van der Waals surface area contributed by atoms with E-state index in [9.17, 15) is 14.4 Å². The van der Waals surface area contributed by atoms with E-state index in [0.29, 0.717) is 22.5 Å². The van der Waals surface area contributed by atoms with Crippen LogP contribution in [0.1, 0.15) is 31.9 Å². The van der Waals surface area contributed by atoms with Crippen LogP contribution in [0.3, 0.4) is 0 Å². The number of esters is 1. The lowest BCUT2D eigenvalue weighted by Gasteiger charge is -2.17. The zero-order chi connectivity index (χ0) is 26.4. The molecule has 0 saturated heterocycles. The second-order valence-electron chi connectivity index (χ2n) is 8.45. The molecule has 0 radical (unpaired) electrons. The highest BCUT2D eigenvalue weighted by atomic mass is 16.5. The summed E-state index contributed by atoms with van der Waals surface area (Å²) in [5.74, 6) is -0.654. The van der Waals surface area contributed by atoms with E-state index in [1.165, 1.54) is 23.8 Å². The first-order valence-corrected chi connectivity index (χ1v) is 11.2. The van der Waals surface area contributed by atoms with Gasteiger partial charge in [0.2, 0.25) is 5.91 Å². The smallest absolute Gasteiger partial charge is 0.308 e. The Hall–Kier alpha value is -4.67. The van der Waals surface area contributed by atoms with E-state index >= 15 is 0 Å². The monoisotopic (exact) mass is 491 g/mol. The Bertz CT molecular complexity index is 1350. The molecule has 3 aromatic rings. The molecule has 0 saturated carbocycles. The quantitative estimate of drug-likeness (QED) is 0.0989. The maximum atomic E-state index is 13.3. The number of nitrogen functional groups attached to an aromatic ring is 2. The average Bonchev–Trinajstić information content (AvgIpc) is 2.79. The van der Waals surface area contributed by atoms with Gasteiger partial charge < -0.3 is 26.8 Å². The van der Waals surface area contributed by atoms with Crippen molar-refractivity contribution >= 4 is 29.2 Å². The van der Waals surface area contributed by atoms with Crippen molar-refractivity contribution < 1.29 is 14.3 Å². The van der Waals surface area contributed by atoms with Crippen LogP contribution in [0.25, 0.3) is 11.3 Å². The highest BCUT2D eigenvalue weighted by Crippen LogP contribution is 2.27. The van der Waals surface area contributed by atoms with Crippen molar-refractivity contribution in [2.24, 2.45) is 5.73 Å². The first-order chi connectivity index (χ1) is 17.0. The summed E-state index contributed by atoms with van der Waals surface area (Å²) in [4.78, 5) is 41.8. The summed E-state index contributed by atoms with van der Waals surface area (Å²) in [6.07, 6.45) is 1.46. The first kappa shape index (κ1) is 25.9. The normalized spacial score (nSPS) is 10.7. The largest absolute Gasteiger partial charge is 0.427 e. The van der Waals surface area contributed by atoms with E-state index in [0.717, 1.165) is 5.56 Å². The van der Waals surface area contributed by atoms with E-state index in [1.807, 2.05) is 13.8 Å². The molecule has 11 nitrogen and oxygen atoms in total. The number of amides is 1. The SMILES string of the molecule is CC(=O)Oc1cc(N)cc(-c2cnc(NC(C)C)c(=O)n2CC(=O)NCc2ccc(C(=N)N)cc2)c1. The van der Waals surface area contributed by atoms with Crippen molar-refractivity contribution in [3.63, 3.8) is 0 Å². The van der Waals surface area contributed by atoms with E-state index in [1.54, 1.807) is 36.4 Å². The van der Waals surface area contributed by atoms with Crippen LogP contribution in [0.15, 0.2) is 53.5 Å². The molecule has 0 unspecified atom stereocenters. The fourth-order valence-corrected chi connectivity index (χ4v) is 3.44. The van der Waals surface area contributed by atoms with Crippen molar-refractivity contribution in [3.05, 3.63) is 70.1 Å². The molecule has 188 valence electrons. The summed E-state index contributed by atoms with van der Waals surface area (Å²) in [5, 5.41) is 13.2. The third-order valence-corrected chi connectivity index (χ3v) is 5.02. The Morgan fingerprint density at radius 3 is 2.47 bits per heavy atom. The van der Waals surface area contributed by atoms with Gasteiger partial charge in [0.15, 0.2) is 5.82 Å². The Morgan fingerprint density at radius 2 is 1.86 bits per heavy atom. The van der Waals surface area contributed by atoms with Gasteiger partial charge in [-0.3, -0.25) is 24.4 Å². The number of hydrogen-bond donors (Lipinski definition) is 5. The van der Waals surface area contributed by atoms with Crippen LogP contribution in [0.4, 0.5) is 11.5 Å². The van der Waals surface area contributed by atoms with Crippen LogP contribution >= 0.6 is 0 Å². The molecule has 1 amide bonds. The predicted octanol–water partition coefficient (Wildman–Crippen LogP) is 1.84. The Morgan fingerprint density at radius 1 is 1.17 bits per heavy atom. The molecule has 0 aliphatic carbocycles. The van der Waals surface area contributed by atoms with Crippen LogP contribution in [0.2, 0.25) is 0 Å². The second kappa shape index (κ2) is 11.2. The molecule has 36 heavy (non-hydrogen) atoms. The van der Waals surface area contributed by atoms with Gasteiger partial charge in [0.1, 0.15) is 18.1 Å². The average molecular weight is 492 g/mol. The minimum Gasteiger partial charge on any atom is -0.427 e. The van der Waals surface area contributed by atoms with E-state index in [-0.39, 0.29) is 36.5 Å². The maximum Gasteiger partial charge on any atom is 0.308 e. The molecule has 11 heteroatoms. The van der Waals surface area contributed by atoms with Gasteiger partial charge in [0, 0.05) is 42.4 Å². The highest BCUT2D eigenvalue weighted by molar-refractivity contribution is 5.94. The van der Waals surface area contributed by atoms with Gasteiger partial charge in [-0.1, -0.05) is 24.3 Å². The van der Waals surface area contributed by atoms with E-state index < -0.39 is 17.4 Å². The molecule has 0 atom stereocenters. The van der Waals surface area contributed by atoms with Gasteiger partial charge in [-0.05, 0) is 31.5 Å². The number of benzene rings is 2. The number of carbonyl (C=O) groups is 2. The number of nitrogens with two attached hydrogens (primary N) is 2. The zero-order valence-electron chi connectivity index (χ0n) is 20.3. The van der Waals surface area contributed by atoms with Crippen molar-refractivity contribution in [1.82, 2.24) is 14.9 Å². The summed E-state index contributed by atoms with van der Waals surface area (Å²) in [7, 11) is 0. The minimum absolute atomic E-state index is 0.0422. The summed E-state index contributed by atoms with van der Waals surface area (Å²) in [6, 6.07) is 11.5. The van der Waals surface area contributed by atoms with Crippen LogP contribution in [0, 0.1) is 5.41 Å². The van der Waals surface area contributed by atoms with Crippen LogP contribution in [0.5, 0.6) is 5.75 Å². The van der Waals surface area contributed by atoms with Gasteiger partial charge in [-0.25, -0.2) is 4.98 Å². The Kier molecular flexibility index (Phi) is 8.05. The van der Waals surface area contributed by atoms with Gasteiger partial charge in [-0.2, -0.15) is 0 Å². The number of aromatic nitrogens is 2. The maximum absolute atomic E-state index is 13.3. The van der Waals surface area contributed by atoms with Crippen molar-refractivity contribution in [2.75, 3.05) is 11.1 Å². The molecule has 0 aliphatic heterocycles. The third kappa shape index (κ3) is 6.69. The van der Waals surface area contributed by atoms with Crippen molar-refractivity contribution in [2.45, 2.75) is 39.9 Å². The number of nitrogens with one attached hydrogen (secondary N) is 3. The van der Waals surface area contributed by atoms with Gasteiger partial charge >= 0.3 is 5.97 Å². The fourth-order valence-electron chi connectivity index (χ4n) is 3.44. The Balaban J connectivity index is 1.92. The fraction of sp³-hybridized carbons (Fsp3) is 0.240. The number of carbonyl (C=O) groups excluding carboxylic acids is 2. The summed E-state index contributed by atoms with van der Waals surface area (Å²) < 4.78 is 6.45. The van der Waals surface area contributed by atoms with Crippen LogP contribution in [-0.2, 0) is 22.7 Å². The molecule has 1 heterocycles. The molecular weight excluding hydrogens is 462 g/mol. The number of rotatable bonds is 9. The molecule has 7 N–H and O–H groups in total. The number of anilines is 2.